The molecule has 0 atom stereocenters. The number of hydrogen-bond donors (Lipinski definition) is 1. The molecule has 0 aliphatic carbocycles. The fourth-order valence-electron chi connectivity index (χ4n) is 3.66. The second-order valence-corrected chi connectivity index (χ2v) is 12.4. The number of rotatable bonds is 5. The van der Waals surface area contributed by atoms with Crippen molar-refractivity contribution in [3.63, 3.8) is 0 Å². The van der Waals surface area contributed by atoms with E-state index in [4.69, 9.17) is 27.0 Å². The summed E-state index contributed by atoms with van der Waals surface area (Å²) in [7, 11) is -2.74. The minimum absolute atomic E-state index is 0.0706. The summed E-state index contributed by atoms with van der Waals surface area (Å²) in [6, 6.07) is 10.3. The van der Waals surface area contributed by atoms with Crippen LogP contribution in [-0.4, -0.2) is 52.6 Å². The molecule has 0 bridgehead atoms. The van der Waals surface area contributed by atoms with Gasteiger partial charge in [0, 0.05) is 34.5 Å². The first-order valence-corrected chi connectivity index (χ1v) is 14.1. The van der Waals surface area contributed by atoms with Crippen LogP contribution in [0.25, 0.3) is 10.8 Å². The summed E-state index contributed by atoms with van der Waals surface area (Å²) in [4.78, 5) is -0.629. The van der Waals surface area contributed by atoms with Gasteiger partial charge >= 0.3 is 0 Å². The topological polar surface area (TPSA) is 126 Å². The average molecular weight is 544 g/mol. The van der Waals surface area contributed by atoms with Gasteiger partial charge in [0.15, 0.2) is 0 Å². The van der Waals surface area contributed by atoms with Crippen molar-refractivity contribution in [1.82, 2.24) is 4.31 Å². The molecule has 3 aromatic rings. The summed E-state index contributed by atoms with van der Waals surface area (Å²) >= 11 is 5.92. The quantitative estimate of drug-likeness (QED) is 0.361. The lowest BCUT2D eigenvalue weighted by Gasteiger charge is -2.26. The first-order valence-electron chi connectivity index (χ1n) is 9.99. The van der Waals surface area contributed by atoms with Gasteiger partial charge in [-0.15, -0.1) is 5.11 Å². The maximum atomic E-state index is 13.3. The zero-order valence-electron chi connectivity index (χ0n) is 17.8. The highest BCUT2D eigenvalue weighted by atomic mass is 35.7. The van der Waals surface area contributed by atoms with E-state index in [1.807, 2.05) is 0 Å². The molecule has 1 aliphatic heterocycles. The second kappa shape index (κ2) is 9.40. The van der Waals surface area contributed by atoms with E-state index in [1.54, 1.807) is 25.1 Å². The van der Waals surface area contributed by atoms with Gasteiger partial charge in [0.25, 0.3) is 9.05 Å². The maximum Gasteiger partial charge on any atom is 0.262 e. The normalized spacial score (nSPS) is 15.9. The Hall–Kier alpha value is -2.28. The van der Waals surface area contributed by atoms with E-state index in [1.165, 1.54) is 22.5 Å². The van der Waals surface area contributed by atoms with Gasteiger partial charge in [0.05, 0.1) is 29.6 Å². The molecule has 1 fully saturated rings. The zero-order chi connectivity index (χ0) is 24.7. The standard InChI is InChI=1S/C21H19Cl2N3O6S2/c1-13-3-2-4-15-20(13)17(25-24-14-5-6-16(22)18(11-14)33(23,28)29)12-19(21(15)27)34(30,31)26-7-9-32-10-8-26/h2-6,11-12,27H,7-10H2,1H3. The molecule has 34 heavy (non-hydrogen) atoms. The van der Waals surface area contributed by atoms with Crippen LogP contribution in [0.1, 0.15) is 5.56 Å². The molecular formula is C21H19Cl2N3O6S2. The molecule has 1 N–H and O–H groups in total. The predicted octanol–water partition coefficient (Wildman–Crippen LogP) is 4.87. The molecule has 0 spiro atoms. The van der Waals surface area contributed by atoms with Gasteiger partial charge in [-0.3, -0.25) is 0 Å². The minimum atomic E-state index is -4.11. The number of aromatic hydroxyl groups is 1. The molecule has 0 amide bonds. The molecule has 0 unspecified atom stereocenters. The largest absolute Gasteiger partial charge is 0.506 e. The third-order valence-corrected chi connectivity index (χ3v) is 9.04. The summed E-state index contributed by atoms with van der Waals surface area (Å²) < 4.78 is 56.6. The van der Waals surface area contributed by atoms with E-state index in [0.29, 0.717) is 10.8 Å². The maximum absolute atomic E-state index is 13.3. The smallest absolute Gasteiger partial charge is 0.262 e. The molecular weight excluding hydrogens is 525 g/mol. The number of phenolic OH excluding ortho intramolecular Hbond substituents is 1. The molecule has 3 aromatic carbocycles. The van der Waals surface area contributed by atoms with Crippen LogP contribution in [0, 0.1) is 6.92 Å². The van der Waals surface area contributed by atoms with Crippen LogP contribution in [-0.2, 0) is 23.8 Å². The van der Waals surface area contributed by atoms with Gasteiger partial charge in [0.2, 0.25) is 10.0 Å². The number of nitrogens with zero attached hydrogens (tertiary/aromatic N) is 3. The van der Waals surface area contributed by atoms with Crippen molar-refractivity contribution in [3.05, 3.63) is 53.1 Å². The Morgan fingerprint density at radius 3 is 2.38 bits per heavy atom. The highest BCUT2D eigenvalue weighted by molar-refractivity contribution is 8.13. The lowest BCUT2D eigenvalue weighted by Crippen LogP contribution is -2.40. The summed E-state index contributed by atoms with van der Waals surface area (Å²) in [5.74, 6) is -0.383. The third kappa shape index (κ3) is 4.77. The molecule has 0 saturated carbocycles. The highest BCUT2D eigenvalue weighted by Gasteiger charge is 2.31. The fraction of sp³-hybridized carbons (Fsp3) is 0.238. The fourth-order valence-corrected chi connectivity index (χ4v) is 6.67. The van der Waals surface area contributed by atoms with Crippen molar-refractivity contribution >= 4 is 63.5 Å². The Labute approximate surface area is 206 Å². The lowest BCUT2D eigenvalue weighted by atomic mass is 10.0. The van der Waals surface area contributed by atoms with Crippen LogP contribution in [0.4, 0.5) is 11.4 Å². The van der Waals surface area contributed by atoms with E-state index >= 15 is 0 Å². The molecule has 180 valence electrons. The van der Waals surface area contributed by atoms with E-state index in [-0.39, 0.29) is 58.2 Å². The first kappa shape index (κ1) is 24.8. The monoisotopic (exact) mass is 543 g/mol. The van der Waals surface area contributed by atoms with E-state index in [0.717, 1.165) is 11.6 Å². The number of azo groups is 1. The van der Waals surface area contributed by atoms with Crippen LogP contribution in [0.2, 0.25) is 5.02 Å². The third-order valence-electron chi connectivity index (χ3n) is 5.32. The predicted molar refractivity (Wildman–Crippen MR) is 129 cm³/mol. The average Bonchev–Trinajstić information content (AvgIpc) is 2.79. The SMILES string of the molecule is Cc1cccc2c(O)c(S(=O)(=O)N3CCOCC3)cc(N=Nc3ccc(Cl)c(S(=O)(=O)Cl)c3)c12. The van der Waals surface area contributed by atoms with Crippen molar-refractivity contribution in [2.75, 3.05) is 26.3 Å². The molecule has 1 saturated heterocycles. The first-order chi connectivity index (χ1) is 16.0. The van der Waals surface area contributed by atoms with Crippen LogP contribution in [0.15, 0.2) is 62.5 Å². The van der Waals surface area contributed by atoms with Crippen molar-refractivity contribution in [2.45, 2.75) is 16.7 Å². The Morgan fingerprint density at radius 2 is 1.71 bits per heavy atom. The van der Waals surface area contributed by atoms with E-state index in [2.05, 4.69) is 10.2 Å². The van der Waals surface area contributed by atoms with Gasteiger partial charge in [-0.1, -0.05) is 29.8 Å². The number of morpholine rings is 1. The molecule has 4 rings (SSSR count). The Balaban J connectivity index is 1.88. The van der Waals surface area contributed by atoms with E-state index < -0.39 is 19.1 Å². The van der Waals surface area contributed by atoms with Crippen LogP contribution >= 0.6 is 22.3 Å². The number of ether oxygens (including phenoxy) is 1. The van der Waals surface area contributed by atoms with Crippen LogP contribution in [0.3, 0.4) is 0 Å². The summed E-state index contributed by atoms with van der Waals surface area (Å²) in [5.41, 5.74) is 1.05. The van der Waals surface area contributed by atoms with E-state index in [9.17, 15) is 21.9 Å². The Kier molecular flexibility index (Phi) is 6.87. The number of benzene rings is 3. The number of sulfonamides is 1. The number of fused-ring (bicyclic) bond motifs is 1. The summed E-state index contributed by atoms with van der Waals surface area (Å²) in [5, 5.41) is 19.9. The number of halogens is 2. The van der Waals surface area contributed by atoms with Crippen molar-refractivity contribution in [1.29, 1.82) is 0 Å². The molecule has 1 aliphatic rings. The summed E-state index contributed by atoms with van der Waals surface area (Å²) in [6.45, 7) is 2.61. The second-order valence-electron chi connectivity index (χ2n) is 7.51. The van der Waals surface area contributed by atoms with Gasteiger partial charge in [-0.05, 0) is 36.8 Å². The lowest BCUT2D eigenvalue weighted by molar-refractivity contribution is 0.0730. The Morgan fingerprint density at radius 1 is 1.00 bits per heavy atom. The number of aryl methyl sites for hydroxylation is 1. The van der Waals surface area contributed by atoms with Crippen molar-refractivity contribution in [2.24, 2.45) is 10.2 Å². The van der Waals surface area contributed by atoms with Gasteiger partial charge in [0.1, 0.15) is 15.5 Å². The molecule has 0 radical (unpaired) electrons. The van der Waals surface area contributed by atoms with Crippen molar-refractivity contribution < 1.29 is 26.7 Å². The highest BCUT2D eigenvalue weighted by Crippen LogP contribution is 2.42. The minimum Gasteiger partial charge on any atom is -0.506 e. The molecule has 0 aromatic heterocycles. The van der Waals surface area contributed by atoms with Gasteiger partial charge in [-0.25, -0.2) is 16.8 Å². The number of hydrogen-bond acceptors (Lipinski definition) is 8. The van der Waals surface area contributed by atoms with Crippen molar-refractivity contribution in [3.8, 4) is 5.75 Å². The van der Waals surface area contributed by atoms with Crippen LogP contribution < -0.4 is 0 Å². The zero-order valence-corrected chi connectivity index (χ0v) is 20.9. The molecule has 9 nitrogen and oxygen atoms in total. The Bertz CT molecular complexity index is 1520. The molecule has 13 heteroatoms. The van der Waals surface area contributed by atoms with Gasteiger partial charge < -0.3 is 9.84 Å². The number of phenols is 1. The van der Waals surface area contributed by atoms with Crippen LogP contribution in [0.5, 0.6) is 5.75 Å². The summed E-state index contributed by atoms with van der Waals surface area (Å²) in [6.07, 6.45) is 0. The van der Waals surface area contributed by atoms with Gasteiger partial charge in [-0.2, -0.15) is 9.42 Å². The molecule has 1 heterocycles.